The number of hydrogen-bond acceptors (Lipinski definition) is 5. The van der Waals surface area contributed by atoms with E-state index >= 15 is 0 Å². The highest BCUT2D eigenvalue weighted by atomic mass is 19.4. The second kappa shape index (κ2) is 10.9. The van der Waals surface area contributed by atoms with Gasteiger partial charge in [-0.1, -0.05) is 32.0 Å². The number of para-hydroxylation sites is 1. The van der Waals surface area contributed by atoms with Crippen molar-refractivity contribution in [1.82, 2.24) is 14.3 Å². The number of rotatable bonds is 10. The smallest absolute Gasteiger partial charge is 0.406 e. The molecule has 4 rings (SSSR count). The SMILES string of the molecule is COC(C)c1c(-c2c(CC(C)(C)COC=O)c3c(n2CC(F)(F)F)CCN(c2ccccc2)C3=O)cnn1C. The van der Waals surface area contributed by atoms with Crippen LogP contribution in [-0.2, 0) is 40.7 Å². The molecular formula is C28H33F3N4O4. The Hall–Kier alpha value is -3.60. The number of halogens is 3. The zero-order valence-corrected chi connectivity index (χ0v) is 22.7. The number of aromatic nitrogens is 3. The van der Waals surface area contributed by atoms with Crippen molar-refractivity contribution < 1.29 is 32.2 Å². The first-order valence-corrected chi connectivity index (χ1v) is 12.7. The molecule has 0 N–H and O–H groups in total. The third kappa shape index (κ3) is 5.73. The van der Waals surface area contributed by atoms with Crippen molar-refractivity contribution in [3.8, 4) is 11.3 Å². The molecule has 1 aliphatic rings. The first kappa shape index (κ1) is 28.4. The van der Waals surface area contributed by atoms with Crippen molar-refractivity contribution in [1.29, 1.82) is 0 Å². The molecule has 1 amide bonds. The van der Waals surface area contributed by atoms with Crippen LogP contribution in [0.3, 0.4) is 0 Å². The Bertz CT molecular complexity index is 1350. The number of alkyl halides is 3. The summed E-state index contributed by atoms with van der Waals surface area (Å²) >= 11 is 0. The van der Waals surface area contributed by atoms with Gasteiger partial charge in [0.15, 0.2) is 0 Å². The molecule has 0 saturated carbocycles. The van der Waals surface area contributed by atoms with Crippen molar-refractivity contribution in [2.24, 2.45) is 12.5 Å². The van der Waals surface area contributed by atoms with Crippen molar-refractivity contribution in [3.05, 3.63) is 59.0 Å². The van der Waals surface area contributed by atoms with Gasteiger partial charge in [-0.05, 0) is 31.0 Å². The highest BCUT2D eigenvalue weighted by molar-refractivity contribution is 6.10. The summed E-state index contributed by atoms with van der Waals surface area (Å²) in [7, 11) is 3.22. The predicted octanol–water partition coefficient (Wildman–Crippen LogP) is 5.10. The van der Waals surface area contributed by atoms with Gasteiger partial charge in [-0.2, -0.15) is 18.3 Å². The van der Waals surface area contributed by atoms with E-state index in [4.69, 9.17) is 9.47 Å². The minimum atomic E-state index is -4.54. The van der Waals surface area contributed by atoms with Gasteiger partial charge in [0.1, 0.15) is 6.54 Å². The number of aryl methyl sites for hydroxylation is 1. The van der Waals surface area contributed by atoms with E-state index in [1.807, 2.05) is 32.0 Å². The summed E-state index contributed by atoms with van der Waals surface area (Å²) in [5, 5.41) is 4.35. The van der Waals surface area contributed by atoms with Crippen LogP contribution in [0.2, 0.25) is 0 Å². The zero-order valence-electron chi connectivity index (χ0n) is 22.7. The normalized spacial score (nSPS) is 14.9. The maximum Gasteiger partial charge on any atom is 0.406 e. The monoisotopic (exact) mass is 546 g/mol. The molecule has 1 unspecified atom stereocenters. The van der Waals surface area contributed by atoms with Crippen LogP contribution >= 0.6 is 0 Å². The maximum absolute atomic E-state index is 14.1. The van der Waals surface area contributed by atoms with Crippen LogP contribution in [0, 0.1) is 5.41 Å². The van der Waals surface area contributed by atoms with Gasteiger partial charge in [0.05, 0.1) is 35.9 Å². The van der Waals surface area contributed by atoms with Crippen LogP contribution in [-0.4, -0.2) is 53.2 Å². The van der Waals surface area contributed by atoms with Crippen LogP contribution in [0.4, 0.5) is 18.9 Å². The van der Waals surface area contributed by atoms with E-state index in [-0.39, 0.29) is 43.2 Å². The van der Waals surface area contributed by atoms with E-state index in [9.17, 15) is 22.8 Å². The fraction of sp³-hybridized carbons (Fsp3) is 0.464. The van der Waals surface area contributed by atoms with Crippen molar-refractivity contribution in [3.63, 3.8) is 0 Å². The van der Waals surface area contributed by atoms with E-state index in [2.05, 4.69) is 5.10 Å². The highest BCUT2D eigenvalue weighted by Gasteiger charge is 2.41. The summed E-state index contributed by atoms with van der Waals surface area (Å²) in [6, 6.07) is 9.07. The molecule has 11 heteroatoms. The Balaban J connectivity index is 2.02. The van der Waals surface area contributed by atoms with Crippen LogP contribution in [0.25, 0.3) is 11.3 Å². The number of benzene rings is 1. The quantitative estimate of drug-likeness (QED) is 0.331. The molecule has 0 spiro atoms. The molecule has 2 aromatic heterocycles. The lowest BCUT2D eigenvalue weighted by atomic mass is 9.83. The molecule has 0 fully saturated rings. The Morgan fingerprint density at radius 2 is 1.87 bits per heavy atom. The summed E-state index contributed by atoms with van der Waals surface area (Å²) in [5.74, 6) is -0.364. The first-order valence-electron chi connectivity index (χ1n) is 12.7. The third-order valence-electron chi connectivity index (χ3n) is 7.08. The Kier molecular flexibility index (Phi) is 7.92. The predicted molar refractivity (Wildman–Crippen MR) is 139 cm³/mol. The van der Waals surface area contributed by atoms with E-state index in [1.54, 1.807) is 35.7 Å². The Morgan fingerprint density at radius 1 is 1.18 bits per heavy atom. The second-order valence-corrected chi connectivity index (χ2v) is 10.6. The number of hydrogen-bond donors (Lipinski definition) is 0. The number of carbonyl (C=O) groups is 2. The lowest BCUT2D eigenvalue weighted by Gasteiger charge is -2.29. The molecule has 39 heavy (non-hydrogen) atoms. The van der Waals surface area contributed by atoms with Crippen LogP contribution in [0.5, 0.6) is 0 Å². The van der Waals surface area contributed by atoms with E-state index in [0.29, 0.717) is 34.7 Å². The molecule has 0 bridgehead atoms. The number of ether oxygens (including phenoxy) is 2. The fourth-order valence-corrected chi connectivity index (χ4v) is 5.39. The number of methoxy groups -OCH3 is 1. The van der Waals surface area contributed by atoms with E-state index < -0.39 is 24.2 Å². The summed E-state index contributed by atoms with van der Waals surface area (Å²) in [6.45, 7) is 4.83. The summed E-state index contributed by atoms with van der Waals surface area (Å²) in [6.07, 6.45) is -3.07. The van der Waals surface area contributed by atoms with Gasteiger partial charge in [0.25, 0.3) is 12.4 Å². The summed E-state index contributed by atoms with van der Waals surface area (Å²) in [4.78, 5) is 26.6. The van der Waals surface area contributed by atoms with E-state index in [0.717, 1.165) is 0 Å². The van der Waals surface area contributed by atoms with Gasteiger partial charge >= 0.3 is 6.18 Å². The van der Waals surface area contributed by atoms with Crippen LogP contribution < -0.4 is 4.90 Å². The van der Waals surface area contributed by atoms with Gasteiger partial charge < -0.3 is 18.9 Å². The van der Waals surface area contributed by atoms with E-state index in [1.165, 1.54) is 17.9 Å². The average Bonchev–Trinajstić information content (AvgIpc) is 3.39. The number of nitrogens with zero attached hydrogens (tertiary/aromatic N) is 4. The van der Waals surface area contributed by atoms with Crippen molar-refractivity contribution in [2.45, 2.75) is 52.4 Å². The standard InChI is InChI=1S/C28H33F3N4O4/c1-18(38-5)24-21(14-32-33(24)4)25-20(13-27(2,3)16-39-17-36)23-22(35(25)15-28(29,30)31)11-12-34(26(23)37)19-9-7-6-8-10-19/h6-10,14,17-18H,11-13,15-16H2,1-5H3. The van der Waals surface area contributed by atoms with Gasteiger partial charge in [-0.3, -0.25) is 14.3 Å². The van der Waals surface area contributed by atoms with Crippen molar-refractivity contribution in [2.75, 3.05) is 25.2 Å². The summed E-state index contributed by atoms with van der Waals surface area (Å²) < 4.78 is 55.6. The highest BCUT2D eigenvalue weighted by Crippen LogP contribution is 2.43. The van der Waals surface area contributed by atoms with Crippen molar-refractivity contribution >= 4 is 18.1 Å². The number of fused-ring (bicyclic) bond motifs is 1. The van der Waals surface area contributed by atoms with Crippen LogP contribution in [0.15, 0.2) is 36.5 Å². The van der Waals surface area contributed by atoms with Gasteiger partial charge in [0.2, 0.25) is 0 Å². The number of amides is 1. The third-order valence-corrected chi connectivity index (χ3v) is 7.08. The fourth-order valence-electron chi connectivity index (χ4n) is 5.39. The molecule has 3 aromatic rings. The average molecular weight is 547 g/mol. The Labute approximate surface area is 225 Å². The molecule has 0 aliphatic carbocycles. The molecule has 0 saturated heterocycles. The molecule has 1 aromatic carbocycles. The van der Waals surface area contributed by atoms with Gasteiger partial charge in [-0.15, -0.1) is 0 Å². The summed E-state index contributed by atoms with van der Waals surface area (Å²) in [5.41, 5.74) is 2.38. The van der Waals surface area contributed by atoms with Gasteiger partial charge in [-0.25, -0.2) is 0 Å². The number of carbonyl (C=O) groups excluding carboxylic acids is 2. The minimum absolute atomic E-state index is 0.0279. The minimum Gasteiger partial charge on any atom is -0.467 e. The molecule has 0 radical (unpaired) electrons. The molecule has 8 nitrogen and oxygen atoms in total. The maximum atomic E-state index is 14.1. The lowest BCUT2D eigenvalue weighted by Crippen LogP contribution is -2.39. The zero-order chi connectivity index (χ0) is 28.5. The lowest BCUT2D eigenvalue weighted by molar-refractivity contribution is -0.140. The Morgan fingerprint density at radius 3 is 2.49 bits per heavy atom. The largest absolute Gasteiger partial charge is 0.467 e. The number of anilines is 1. The molecule has 1 aliphatic heterocycles. The topological polar surface area (TPSA) is 78.6 Å². The molecule has 3 heterocycles. The first-order chi connectivity index (χ1) is 18.4. The van der Waals surface area contributed by atoms with Crippen LogP contribution in [0.1, 0.15) is 54.2 Å². The second-order valence-electron chi connectivity index (χ2n) is 10.6. The van der Waals surface area contributed by atoms with Gasteiger partial charge in [0, 0.05) is 49.5 Å². The molecule has 210 valence electrons. The molecule has 1 atom stereocenters. The molecular weight excluding hydrogens is 513 g/mol.